The summed E-state index contributed by atoms with van der Waals surface area (Å²) in [6.07, 6.45) is 6.02. The predicted molar refractivity (Wildman–Crippen MR) is 80.6 cm³/mol. The number of ether oxygens (including phenoxy) is 2. The van der Waals surface area contributed by atoms with Crippen molar-refractivity contribution in [1.82, 2.24) is 5.32 Å². The van der Waals surface area contributed by atoms with Crippen molar-refractivity contribution in [2.24, 2.45) is 5.92 Å². The summed E-state index contributed by atoms with van der Waals surface area (Å²) < 4.78 is 11.7. The van der Waals surface area contributed by atoms with Crippen molar-refractivity contribution in [2.45, 2.75) is 71.4 Å². The van der Waals surface area contributed by atoms with Crippen molar-refractivity contribution in [3.05, 3.63) is 0 Å². The monoisotopic (exact) mass is 271 g/mol. The van der Waals surface area contributed by atoms with Gasteiger partial charge >= 0.3 is 0 Å². The first kappa shape index (κ1) is 16.9. The lowest BCUT2D eigenvalue weighted by atomic mass is 9.79. The third-order valence-electron chi connectivity index (χ3n) is 4.00. The van der Waals surface area contributed by atoms with Crippen molar-refractivity contribution in [2.75, 3.05) is 26.4 Å². The minimum absolute atomic E-state index is 0.0480. The Morgan fingerprint density at radius 1 is 1.16 bits per heavy atom. The SMILES string of the molecule is CCCOCCOC1(CNC(C)C)CCC(C)CC1. The molecule has 0 unspecified atom stereocenters. The fraction of sp³-hybridized carbons (Fsp3) is 1.00. The minimum Gasteiger partial charge on any atom is -0.379 e. The van der Waals surface area contributed by atoms with Gasteiger partial charge in [-0.15, -0.1) is 0 Å². The van der Waals surface area contributed by atoms with E-state index in [1.165, 1.54) is 25.7 Å². The third-order valence-corrected chi connectivity index (χ3v) is 4.00. The second kappa shape index (κ2) is 8.93. The van der Waals surface area contributed by atoms with Crippen molar-refractivity contribution >= 4 is 0 Å². The van der Waals surface area contributed by atoms with Gasteiger partial charge in [0.25, 0.3) is 0 Å². The molecule has 0 bridgehead atoms. The van der Waals surface area contributed by atoms with Crippen LogP contribution in [-0.2, 0) is 9.47 Å². The van der Waals surface area contributed by atoms with Crippen molar-refractivity contribution in [1.29, 1.82) is 0 Å². The molecule has 0 aromatic carbocycles. The van der Waals surface area contributed by atoms with E-state index < -0.39 is 0 Å². The highest BCUT2D eigenvalue weighted by Gasteiger charge is 2.34. The van der Waals surface area contributed by atoms with Gasteiger partial charge in [-0.3, -0.25) is 0 Å². The van der Waals surface area contributed by atoms with Crippen LogP contribution in [0.5, 0.6) is 0 Å². The molecule has 1 fully saturated rings. The van der Waals surface area contributed by atoms with Crippen molar-refractivity contribution in [3.63, 3.8) is 0 Å². The lowest BCUT2D eigenvalue weighted by Crippen LogP contribution is -2.48. The zero-order valence-corrected chi connectivity index (χ0v) is 13.3. The molecule has 1 N–H and O–H groups in total. The first-order valence-corrected chi connectivity index (χ1v) is 8.03. The summed E-state index contributed by atoms with van der Waals surface area (Å²) in [5, 5.41) is 3.56. The van der Waals surface area contributed by atoms with E-state index in [0.29, 0.717) is 6.04 Å². The number of hydrogen-bond donors (Lipinski definition) is 1. The van der Waals surface area contributed by atoms with Crippen LogP contribution in [0.25, 0.3) is 0 Å². The Hall–Kier alpha value is -0.120. The second-order valence-electron chi connectivity index (χ2n) is 6.36. The molecule has 0 saturated heterocycles. The van der Waals surface area contributed by atoms with Gasteiger partial charge < -0.3 is 14.8 Å². The molecule has 1 saturated carbocycles. The van der Waals surface area contributed by atoms with E-state index in [9.17, 15) is 0 Å². The predicted octanol–water partition coefficient (Wildman–Crippen LogP) is 3.38. The molecule has 0 heterocycles. The molecule has 0 aromatic rings. The second-order valence-corrected chi connectivity index (χ2v) is 6.36. The summed E-state index contributed by atoms with van der Waals surface area (Å²) in [6, 6.07) is 0.524. The zero-order valence-electron chi connectivity index (χ0n) is 13.3. The summed E-state index contributed by atoms with van der Waals surface area (Å²) in [7, 11) is 0. The van der Waals surface area contributed by atoms with Gasteiger partial charge in [-0.25, -0.2) is 0 Å². The Bertz CT molecular complexity index is 223. The molecule has 0 radical (unpaired) electrons. The van der Waals surface area contributed by atoms with E-state index in [1.54, 1.807) is 0 Å². The number of hydrogen-bond acceptors (Lipinski definition) is 3. The van der Waals surface area contributed by atoms with Crippen molar-refractivity contribution < 1.29 is 9.47 Å². The number of nitrogens with one attached hydrogen (secondary N) is 1. The average Bonchev–Trinajstić information content (AvgIpc) is 2.39. The Morgan fingerprint density at radius 3 is 2.42 bits per heavy atom. The first-order chi connectivity index (χ1) is 9.08. The first-order valence-electron chi connectivity index (χ1n) is 8.03. The van der Waals surface area contributed by atoms with Crippen LogP contribution in [0.1, 0.15) is 59.8 Å². The molecule has 0 aliphatic heterocycles. The summed E-state index contributed by atoms with van der Waals surface area (Å²) >= 11 is 0. The molecule has 3 nitrogen and oxygen atoms in total. The van der Waals surface area contributed by atoms with Crippen LogP contribution in [0, 0.1) is 5.92 Å². The van der Waals surface area contributed by atoms with E-state index in [4.69, 9.17) is 9.47 Å². The summed E-state index contributed by atoms with van der Waals surface area (Å²) in [4.78, 5) is 0. The van der Waals surface area contributed by atoms with Gasteiger partial charge in [-0.2, -0.15) is 0 Å². The van der Waals surface area contributed by atoms with E-state index in [-0.39, 0.29) is 5.60 Å². The van der Waals surface area contributed by atoms with Crippen LogP contribution in [-0.4, -0.2) is 38.0 Å². The smallest absolute Gasteiger partial charge is 0.0807 e. The molecule has 1 rings (SSSR count). The standard InChI is InChI=1S/C16H33NO2/c1-5-10-18-11-12-19-16(13-17-14(2)3)8-6-15(4)7-9-16/h14-15,17H,5-13H2,1-4H3. The molecular formula is C16H33NO2. The molecule has 0 aromatic heterocycles. The van der Waals surface area contributed by atoms with Crippen LogP contribution in [0.4, 0.5) is 0 Å². The normalized spacial score (nSPS) is 27.9. The Balaban J connectivity index is 2.36. The van der Waals surface area contributed by atoms with Crippen molar-refractivity contribution in [3.8, 4) is 0 Å². The maximum Gasteiger partial charge on any atom is 0.0807 e. The highest BCUT2D eigenvalue weighted by molar-refractivity contribution is 4.89. The van der Waals surface area contributed by atoms with E-state index >= 15 is 0 Å². The maximum atomic E-state index is 6.23. The van der Waals surface area contributed by atoms with E-state index in [1.807, 2.05) is 0 Å². The van der Waals surface area contributed by atoms with Crippen LogP contribution in [0.3, 0.4) is 0 Å². The van der Waals surface area contributed by atoms with Gasteiger partial charge in [0.05, 0.1) is 18.8 Å². The Morgan fingerprint density at radius 2 is 1.84 bits per heavy atom. The molecular weight excluding hydrogens is 238 g/mol. The van der Waals surface area contributed by atoms with Gasteiger partial charge in [0.15, 0.2) is 0 Å². The third kappa shape index (κ3) is 6.73. The molecule has 0 spiro atoms. The molecule has 1 aliphatic carbocycles. The molecule has 1 aliphatic rings. The van der Waals surface area contributed by atoms with Crippen LogP contribution >= 0.6 is 0 Å². The van der Waals surface area contributed by atoms with E-state index in [0.717, 1.165) is 38.7 Å². The zero-order chi connectivity index (χ0) is 14.1. The Kier molecular flexibility index (Phi) is 7.96. The molecule has 0 atom stereocenters. The molecule has 3 heteroatoms. The fourth-order valence-corrected chi connectivity index (χ4v) is 2.61. The Labute approximate surface area is 119 Å². The summed E-state index contributed by atoms with van der Waals surface area (Å²) in [5.74, 6) is 0.854. The fourth-order valence-electron chi connectivity index (χ4n) is 2.61. The quantitative estimate of drug-likeness (QED) is 0.652. The summed E-state index contributed by atoms with van der Waals surface area (Å²) in [5.41, 5.74) is 0.0480. The average molecular weight is 271 g/mol. The highest BCUT2D eigenvalue weighted by Crippen LogP contribution is 2.34. The van der Waals surface area contributed by atoms with Crippen LogP contribution < -0.4 is 5.32 Å². The lowest BCUT2D eigenvalue weighted by Gasteiger charge is -2.40. The van der Waals surface area contributed by atoms with Gasteiger partial charge in [0.1, 0.15) is 0 Å². The van der Waals surface area contributed by atoms with Gasteiger partial charge in [-0.05, 0) is 38.0 Å². The minimum atomic E-state index is 0.0480. The number of rotatable bonds is 9. The van der Waals surface area contributed by atoms with Gasteiger partial charge in [-0.1, -0.05) is 27.7 Å². The molecule has 114 valence electrons. The van der Waals surface area contributed by atoms with Gasteiger partial charge in [0, 0.05) is 19.2 Å². The highest BCUT2D eigenvalue weighted by atomic mass is 16.5. The molecule has 0 amide bonds. The maximum absolute atomic E-state index is 6.23. The summed E-state index contributed by atoms with van der Waals surface area (Å²) in [6.45, 7) is 12.2. The molecule has 19 heavy (non-hydrogen) atoms. The van der Waals surface area contributed by atoms with Gasteiger partial charge in [0.2, 0.25) is 0 Å². The largest absolute Gasteiger partial charge is 0.379 e. The van der Waals surface area contributed by atoms with Crippen LogP contribution in [0.15, 0.2) is 0 Å². The van der Waals surface area contributed by atoms with Crippen LogP contribution in [0.2, 0.25) is 0 Å². The van der Waals surface area contributed by atoms with E-state index in [2.05, 4.69) is 33.0 Å². The topological polar surface area (TPSA) is 30.5 Å². The lowest BCUT2D eigenvalue weighted by molar-refractivity contribution is -0.0923.